The van der Waals surface area contributed by atoms with Crippen molar-refractivity contribution in [3.05, 3.63) is 24.3 Å². The normalized spacial score (nSPS) is 12.6. The summed E-state index contributed by atoms with van der Waals surface area (Å²) in [5.41, 5.74) is 0. The van der Waals surface area contributed by atoms with Crippen molar-refractivity contribution < 1.29 is 24.5 Å². The summed E-state index contributed by atoms with van der Waals surface area (Å²) in [6, 6.07) is -0.633. The number of hydrogen-bond donors (Lipinski definition) is 3. The van der Waals surface area contributed by atoms with Gasteiger partial charge in [0, 0.05) is 12.8 Å². The van der Waals surface area contributed by atoms with Crippen molar-refractivity contribution >= 4 is 11.9 Å². The molecule has 3 N–H and O–H groups in total. The van der Waals surface area contributed by atoms with Crippen molar-refractivity contribution in [1.82, 2.24) is 5.32 Å². The molecule has 0 spiro atoms. The zero-order valence-corrected chi connectivity index (χ0v) is 50.8. The maximum atomic E-state index is 12.5. The summed E-state index contributed by atoms with van der Waals surface area (Å²) in [6.07, 6.45) is 81.0. The van der Waals surface area contributed by atoms with Crippen molar-refractivity contribution in [3.63, 3.8) is 0 Å². The molecule has 0 aromatic heterocycles. The van der Waals surface area contributed by atoms with Gasteiger partial charge in [0.1, 0.15) is 0 Å². The number of carbonyl (C=O) groups is 2. The molecule has 0 saturated heterocycles. The van der Waals surface area contributed by atoms with Crippen molar-refractivity contribution in [3.8, 4) is 0 Å². The minimum Gasteiger partial charge on any atom is -0.466 e. The molecule has 0 radical (unpaired) electrons. The molecule has 0 aromatic carbocycles. The quantitative estimate of drug-likeness (QED) is 0.0320. The van der Waals surface area contributed by atoms with Crippen LogP contribution in [0, 0.1) is 0 Å². The molecule has 0 heterocycles. The molecule has 75 heavy (non-hydrogen) atoms. The highest BCUT2D eigenvalue weighted by atomic mass is 16.5. The van der Waals surface area contributed by atoms with E-state index in [0.717, 1.165) is 44.9 Å². The molecule has 0 bridgehead atoms. The molecule has 0 aliphatic heterocycles. The van der Waals surface area contributed by atoms with Crippen molar-refractivity contribution in [2.45, 2.75) is 392 Å². The fourth-order valence-electron chi connectivity index (χ4n) is 10.7. The Morgan fingerprint density at radius 3 is 0.947 bits per heavy atom. The second-order valence-electron chi connectivity index (χ2n) is 23.5. The van der Waals surface area contributed by atoms with Crippen molar-refractivity contribution in [2.24, 2.45) is 0 Å². The van der Waals surface area contributed by atoms with Gasteiger partial charge in [-0.2, -0.15) is 0 Å². The number of carbonyl (C=O) groups excluding carboxylic acids is 2. The summed E-state index contributed by atoms with van der Waals surface area (Å²) < 4.78 is 5.50. The van der Waals surface area contributed by atoms with Gasteiger partial charge in [0.25, 0.3) is 0 Å². The van der Waals surface area contributed by atoms with Gasteiger partial charge < -0.3 is 20.3 Å². The van der Waals surface area contributed by atoms with Crippen LogP contribution in [0.2, 0.25) is 0 Å². The lowest BCUT2D eigenvalue weighted by Crippen LogP contribution is -2.45. The van der Waals surface area contributed by atoms with Gasteiger partial charge in [-0.05, 0) is 57.8 Å². The summed E-state index contributed by atoms with van der Waals surface area (Å²) in [4.78, 5) is 24.6. The third-order valence-corrected chi connectivity index (χ3v) is 16.0. The van der Waals surface area contributed by atoms with E-state index < -0.39 is 12.1 Å². The Bertz CT molecular complexity index is 1170. The lowest BCUT2D eigenvalue weighted by molar-refractivity contribution is -0.143. The predicted octanol–water partition coefficient (Wildman–Crippen LogP) is 21.8. The van der Waals surface area contributed by atoms with Gasteiger partial charge in [0.2, 0.25) is 5.91 Å². The predicted molar refractivity (Wildman–Crippen MR) is 329 cm³/mol. The van der Waals surface area contributed by atoms with Gasteiger partial charge in [-0.3, -0.25) is 9.59 Å². The molecule has 0 aliphatic carbocycles. The number of esters is 1. The number of unbranched alkanes of at least 4 members (excludes halogenated alkanes) is 51. The Labute approximate surface area is 469 Å². The molecule has 1 amide bonds. The Balaban J connectivity index is 3.41. The van der Waals surface area contributed by atoms with E-state index in [-0.39, 0.29) is 18.5 Å². The number of allylic oxidation sites excluding steroid dienone is 3. The first-order valence-electron chi connectivity index (χ1n) is 34.1. The van der Waals surface area contributed by atoms with E-state index in [4.69, 9.17) is 4.74 Å². The van der Waals surface area contributed by atoms with Gasteiger partial charge in [-0.25, -0.2) is 0 Å². The van der Waals surface area contributed by atoms with Crippen LogP contribution >= 0.6 is 0 Å². The van der Waals surface area contributed by atoms with E-state index in [9.17, 15) is 19.8 Å². The van der Waals surface area contributed by atoms with E-state index >= 15 is 0 Å². The van der Waals surface area contributed by atoms with Crippen LogP contribution in [0.3, 0.4) is 0 Å². The molecule has 2 unspecified atom stereocenters. The van der Waals surface area contributed by atoms with Crippen LogP contribution < -0.4 is 5.32 Å². The summed E-state index contributed by atoms with van der Waals surface area (Å²) in [5, 5.41) is 23.2. The van der Waals surface area contributed by atoms with Crippen LogP contribution in [0.25, 0.3) is 0 Å². The van der Waals surface area contributed by atoms with Gasteiger partial charge in [-0.1, -0.05) is 334 Å². The smallest absolute Gasteiger partial charge is 0.305 e. The molecule has 6 heteroatoms. The summed E-state index contributed by atoms with van der Waals surface area (Å²) in [5.74, 6) is -0.0556. The second-order valence-corrected chi connectivity index (χ2v) is 23.5. The lowest BCUT2D eigenvalue weighted by Gasteiger charge is -2.20. The zero-order valence-electron chi connectivity index (χ0n) is 50.8. The van der Waals surface area contributed by atoms with Crippen LogP contribution in [0.5, 0.6) is 0 Å². The standard InChI is InChI=1S/C69H133NO5/c1-3-5-7-9-11-13-15-17-19-21-30-33-37-41-45-49-53-57-61-67(72)66(65-71)70-68(73)62-58-54-50-46-42-38-34-31-27-25-23-22-24-26-28-32-36-40-44-48-52-56-60-64-75-69(74)63-59-55-51-47-43-39-35-29-20-18-16-14-12-10-8-6-4-2/h25,27,57,61,66-67,71-72H,3-24,26,28-56,58-60,62-65H2,1-2H3,(H,70,73)/b27-25-,61-57+. The first-order valence-corrected chi connectivity index (χ1v) is 34.1. The number of rotatable bonds is 64. The number of aliphatic hydroxyl groups excluding tert-OH is 2. The SMILES string of the molecule is CCCCCCCCCCCCCCCCCC/C=C/C(O)C(CO)NC(=O)CCCCCCCCC/C=C\CCCCCCCCCCCCCCOC(=O)CCCCCCCCCCCCCCCCCCC. The minimum atomic E-state index is -0.849. The van der Waals surface area contributed by atoms with E-state index in [0.29, 0.717) is 19.4 Å². The first-order chi connectivity index (χ1) is 37.0. The van der Waals surface area contributed by atoms with Crippen LogP contribution in [-0.2, 0) is 14.3 Å². The number of ether oxygens (including phenoxy) is 1. The Kier molecular flexibility index (Phi) is 63.4. The zero-order chi connectivity index (χ0) is 54.3. The van der Waals surface area contributed by atoms with E-state index in [1.807, 2.05) is 6.08 Å². The number of hydrogen-bond acceptors (Lipinski definition) is 5. The average Bonchev–Trinajstić information content (AvgIpc) is 3.41. The molecule has 0 aromatic rings. The molecule has 2 atom stereocenters. The maximum absolute atomic E-state index is 12.5. The first kappa shape index (κ1) is 73.3. The van der Waals surface area contributed by atoms with Crippen LogP contribution in [0.15, 0.2) is 24.3 Å². The topological polar surface area (TPSA) is 95.9 Å². The monoisotopic (exact) mass is 1060 g/mol. The number of nitrogens with one attached hydrogen (secondary N) is 1. The van der Waals surface area contributed by atoms with Gasteiger partial charge >= 0.3 is 5.97 Å². The third kappa shape index (κ3) is 61.4. The van der Waals surface area contributed by atoms with Crippen molar-refractivity contribution in [1.29, 1.82) is 0 Å². The molecule has 0 aliphatic rings. The van der Waals surface area contributed by atoms with E-state index in [1.165, 1.54) is 308 Å². The summed E-state index contributed by atoms with van der Waals surface area (Å²) >= 11 is 0. The highest BCUT2D eigenvalue weighted by Crippen LogP contribution is 2.18. The van der Waals surface area contributed by atoms with E-state index in [1.54, 1.807) is 6.08 Å². The molecular formula is C69H133NO5. The van der Waals surface area contributed by atoms with Gasteiger partial charge in [0.15, 0.2) is 0 Å². The summed E-state index contributed by atoms with van der Waals surface area (Å²) in [7, 11) is 0. The fourth-order valence-corrected chi connectivity index (χ4v) is 10.7. The average molecular weight is 1060 g/mol. The summed E-state index contributed by atoms with van der Waals surface area (Å²) in [6.45, 7) is 4.94. The molecule has 0 rings (SSSR count). The van der Waals surface area contributed by atoms with Crippen molar-refractivity contribution in [2.75, 3.05) is 13.2 Å². The Morgan fingerprint density at radius 2 is 0.627 bits per heavy atom. The van der Waals surface area contributed by atoms with Gasteiger partial charge in [-0.15, -0.1) is 0 Å². The maximum Gasteiger partial charge on any atom is 0.305 e. The molecule has 444 valence electrons. The largest absolute Gasteiger partial charge is 0.466 e. The lowest BCUT2D eigenvalue weighted by atomic mass is 10.0. The molecule has 6 nitrogen and oxygen atoms in total. The Hall–Kier alpha value is -1.66. The molecule has 0 fully saturated rings. The van der Waals surface area contributed by atoms with Crippen LogP contribution in [0.1, 0.15) is 380 Å². The fraction of sp³-hybridized carbons (Fsp3) is 0.913. The minimum absolute atomic E-state index is 0.0156. The highest BCUT2D eigenvalue weighted by molar-refractivity contribution is 5.76. The molecular weight excluding hydrogens is 923 g/mol. The van der Waals surface area contributed by atoms with Crippen LogP contribution in [-0.4, -0.2) is 47.4 Å². The third-order valence-electron chi connectivity index (χ3n) is 16.0. The number of aliphatic hydroxyl groups is 2. The molecule has 0 saturated carbocycles. The second kappa shape index (κ2) is 64.9. The van der Waals surface area contributed by atoms with Gasteiger partial charge in [0.05, 0.1) is 25.4 Å². The Morgan fingerprint density at radius 1 is 0.360 bits per heavy atom. The van der Waals surface area contributed by atoms with E-state index in [2.05, 4.69) is 31.3 Å². The van der Waals surface area contributed by atoms with Crippen LogP contribution in [0.4, 0.5) is 0 Å². The number of amides is 1. The highest BCUT2D eigenvalue weighted by Gasteiger charge is 2.18.